The summed E-state index contributed by atoms with van der Waals surface area (Å²) in [5.41, 5.74) is 5.77. The molecule has 0 bridgehead atoms. The molecule has 6 heteroatoms. The third-order valence-corrected chi connectivity index (χ3v) is 4.55. The first kappa shape index (κ1) is 16.5. The molecule has 0 aromatic carbocycles. The number of rotatable bonds is 5. The first-order valence-electron chi connectivity index (χ1n) is 7.81. The van der Waals surface area contributed by atoms with Crippen molar-refractivity contribution in [1.82, 2.24) is 10.2 Å². The average Bonchev–Trinajstić information content (AvgIpc) is 3.03. The van der Waals surface area contributed by atoms with Gasteiger partial charge in [-0.25, -0.2) is 0 Å². The lowest BCUT2D eigenvalue weighted by Gasteiger charge is -2.27. The first-order chi connectivity index (χ1) is 10.2. The fraction of sp³-hybridized carbons (Fsp3) is 0.688. The van der Waals surface area contributed by atoms with Crippen LogP contribution in [0.1, 0.15) is 40.0 Å². The van der Waals surface area contributed by atoms with Gasteiger partial charge in [0.15, 0.2) is 5.78 Å². The highest BCUT2D eigenvalue weighted by Crippen LogP contribution is 2.52. The standard InChI is InChI=1S/C16H25N3O3/c1-10(2)13(18-14(21)12(17)8-11(3)20)15(22)19-7-6-16(9-19)4-5-16/h8,10,13H,4-7,9,17H2,1-3H3,(H,18,21)/b12-8-. The molecule has 2 rings (SSSR count). The SMILES string of the molecule is CC(=O)/C=C(\N)C(=O)NC(C(=O)N1CCC2(CC2)C1)C(C)C. The molecule has 1 atom stereocenters. The van der Waals surface area contributed by atoms with Crippen LogP contribution < -0.4 is 11.1 Å². The number of ketones is 1. The fourth-order valence-corrected chi connectivity index (χ4v) is 2.93. The van der Waals surface area contributed by atoms with Gasteiger partial charge in [0.05, 0.1) is 0 Å². The highest BCUT2D eigenvalue weighted by atomic mass is 16.2. The summed E-state index contributed by atoms with van der Waals surface area (Å²) in [6, 6.07) is -0.611. The Morgan fingerprint density at radius 3 is 2.32 bits per heavy atom. The van der Waals surface area contributed by atoms with Crippen molar-refractivity contribution in [2.45, 2.75) is 46.1 Å². The van der Waals surface area contributed by atoms with E-state index in [4.69, 9.17) is 5.73 Å². The molecule has 22 heavy (non-hydrogen) atoms. The summed E-state index contributed by atoms with van der Waals surface area (Å²) in [4.78, 5) is 37.5. The molecule has 2 amide bonds. The molecule has 2 fully saturated rings. The van der Waals surface area contributed by atoms with Gasteiger partial charge in [-0.15, -0.1) is 0 Å². The lowest BCUT2D eigenvalue weighted by Crippen LogP contribution is -2.51. The van der Waals surface area contributed by atoms with Gasteiger partial charge in [-0.3, -0.25) is 14.4 Å². The van der Waals surface area contributed by atoms with Crippen LogP contribution in [0.25, 0.3) is 0 Å². The average molecular weight is 307 g/mol. The Labute approximate surface area is 131 Å². The van der Waals surface area contributed by atoms with Crippen LogP contribution in [0.2, 0.25) is 0 Å². The summed E-state index contributed by atoms with van der Waals surface area (Å²) in [6.07, 6.45) is 4.53. The number of likely N-dealkylation sites (tertiary alicyclic amines) is 1. The van der Waals surface area contributed by atoms with E-state index in [9.17, 15) is 14.4 Å². The largest absolute Gasteiger partial charge is 0.394 e. The zero-order chi connectivity index (χ0) is 16.5. The van der Waals surface area contributed by atoms with Crippen LogP contribution in [0, 0.1) is 11.3 Å². The lowest BCUT2D eigenvalue weighted by atomic mass is 10.0. The maximum Gasteiger partial charge on any atom is 0.267 e. The molecule has 1 spiro atoms. The van der Waals surface area contributed by atoms with E-state index in [1.54, 1.807) is 0 Å². The molecule has 3 N–H and O–H groups in total. The summed E-state index contributed by atoms with van der Waals surface area (Å²) < 4.78 is 0. The molecular weight excluding hydrogens is 282 g/mol. The molecule has 1 unspecified atom stereocenters. The second-order valence-electron chi connectivity index (χ2n) is 6.92. The minimum Gasteiger partial charge on any atom is -0.394 e. The lowest BCUT2D eigenvalue weighted by molar-refractivity contribution is -0.136. The summed E-state index contributed by atoms with van der Waals surface area (Å²) >= 11 is 0. The van der Waals surface area contributed by atoms with Crippen molar-refractivity contribution in [3.05, 3.63) is 11.8 Å². The van der Waals surface area contributed by atoms with Crippen LogP contribution in [0.4, 0.5) is 0 Å². The number of nitrogens with one attached hydrogen (secondary N) is 1. The molecule has 0 aromatic heterocycles. The van der Waals surface area contributed by atoms with Gasteiger partial charge in [-0.1, -0.05) is 13.8 Å². The van der Waals surface area contributed by atoms with E-state index in [1.807, 2.05) is 18.7 Å². The van der Waals surface area contributed by atoms with Gasteiger partial charge in [-0.2, -0.15) is 0 Å². The van der Waals surface area contributed by atoms with E-state index in [2.05, 4.69) is 5.32 Å². The van der Waals surface area contributed by atoms with E-state index >= 15 is 0 Å². The number of hydrogen-bond acceptors (Lipinski definition) is 4. The Bertz CT molecular complexity index is 521. The van der Waals surface area contributed by atoms with E-state index in [-0.39, 0.29) is 23.3 Å². The predicted molar refractivity (Wildman–Crippen MR) is 82.6 cm³/mol. The van der Waals surface area contributed by atoms with Crippen LogP contribution >= 0.6 is 0 Å². The second kappa shape index (κ2) is 6.10. The minimum atomic E-state index is -0.611. The topological polar surface area (TPSA) is 92.5 Å². The van der Waals surface area contributed by atoms with Gasteiger partial charge >= 0.3 is 0 Å². The second-order valence-corrected chi connectivity index (χ2v) is 6.92. The van der Waals surface area contributed by atoms with E-state index in [0.29, 0.717) is 5.41 Å². The van der Waals surface area contributed by atoms with E-state index in [0.717, 1.165) is 25.6 Å². The molecule has 2 aliphatic rings. The van der Waals surface area contributed by atoms with Crippen molar-refractivity contribution in [2.24, 2.45) is 17.1 Å². The summed E-state index contributed by atoms with van der Waals surface area (Å²) in [7, 11) is 0. The van der Waals surface area contributed by atoms with Crippen LogP contribution in [-0.2, 0) is 14.4 Å². The van der Waals surface area contributed by atoms with Gasteiger partial charge in [0.25, 0.3) is 5.91 Å². The number of carbonyl (C=O) groups excluding carboxylic acids is 3. The van der Waals surface area contributed by atoms with Gasteiger partial charge in [0.1, 0.15) is 11.7 Å². The van der Waals surface area contributed by atoms with Crippen molar-refractivity contribution in [1.29, 1.82) is 0 Å². The Morgan fingerprint density at radius 2 is 1.86 bits per heavy atom. The van der Waals surface area contributed by atoms with Crippen molar-refractivity contribution in [3.63, 3.8) is 0 Å². The molecule has 1 saturated heterocycles. The Hall–Kier alpha value is -1.85. The van der Waals surface area contributed by atoms with Crippen LogP contribution in [0.3, 0.4) is 0 Å². The van der Waals surface area contributed by atoms with E-state index < -0.39 is 11.9 Å². The molecule has 6 nitrogen and oxygen atoms in total. The van der Waals surface area contributed by atoms with Gasteiger partial charge < -0.3 is 16.0 Å². The fourth-order valence-electron chi connectivity index (χ4n) is 2.93. The normalized spacial score (nSPS) is 21.1. The smallest absolute Gasteiger partial charge is 0.267 e. The van der Waals surface area contributed by atoms with Crippen LogP contribution in [-0.4, -0.2) is 41.6 Å². The minimum absolute atomic E-state index is 0.0441. The third kappa shape index (κ3) is 3.67. The molecule has 0 radical (unpaired) electrons. The van der Waals surface area contributed by atoms with Gasteiger partial charge in [0, 0.05) is 19.2 Å². The van der Waals surface area contributed by atoms with Crippen molar-refractivity contribution in [3.8, 4) is 0 Å². The maximum absolute atomic E-state index is 12.7. The number of nitrogens with zero attached hydrogens (tertiary/aromatic N) is 1. The summed E-state index contributed by atoms with van der Waals surface area (Å²) in [6.45, 7) is 6.65. The Kier molecular flexibility index (Phi) is 4.58. The van der Waals surface area contributed by atoms with Gasteiger partial charge in [-0.05, 0) is 37.5 Å². The molecule has 1 heterocycles. The predicted octanol–water partition coefficient (Wildman–Crippen LogP) is 0.571. The Morgan fingerprint density at radius 1 is 1.23 bits per heavy atom. The first-order valence-corrected chi connectivity index (χ1v) is 7.81. The van der Waals surface area contributed by atoms with Crippen molar-refractivity contribution < 1.29 is 14.4 Å². The molecular formula is C16H25N3O3. The Balaban J connectivity index is 2.02. The monoisotopic (exact) mass is 307 g/mol. The molecule has 1 saturated carbocycles. The highest BCUT2D eigenvalue weighted by molar-refractivity contribution is 6.01. The molecule has 0 aromatic rings. The van der Waals surface area contributed by atoms with Crippen LogP contribution in [0.5, 0.6) is 0 Å². The third-order valence-electron chi connectivity index (χ3n) is 4.55. The number of hydrogen-bond donors (Lipinski definition) is 2. The zero-order valence-electron chi connectivity index (χ0n) is 13.5. The molecule has 122 valence electrons. The van der Waals surface area contributed by atoms with Crippen molar-refractivity contribution in [2.75, 3.05) is 13.1 Å². The number of nitrogens with two attached hydrogens (primary N) is 1. The van der Waals surface area contributed by atoms with Crippen LogP contribution in [0.15, 0.2) is 11.8 Å². The van der Waals surface area contributed by atoms with Gasteiger partial charge in [0.2, 0.25) is 5.91 Å². The molecule has 1 aliphatic heterocycles. The summed E-state index contributed by atoms with van der Waals surface area (Å²) in [5, 5.41) is 2.67. The number of amides is 2. The number of allylic oxidation sites excluding steroid dienone is 1. The molecule has 1 aliphatic carbocycles. The quantitative estimate of drug-likeness (QED) is 0.726. The van der Waals surface area contributed by atoms with E-state index in [1.165, 1.54) is 19.8 Å². The summed E-state index contributed by atoms with van der Waals surface area (Å²) in [5.74, 6) is -0.960. The highest BCUT2D eigenvalue weighted by Gasteiger charge is 2.49. The maximum atomic E-state index is 12.7. The number of carbonyl (C=O) groups is 3. The zero-order valence-corrected chi connectivity index (χ0v) is 13.5. The van der Waals surface area contributed by atoms with Crippen molar-refractivity contribution >= 4 is 17.6 Å².